The van der Waals surface area contributed by atoms with Crippen molar-refractivity contribution in [3.05, 3.63) is 42.5 Å². The number of nitro benzene ring substituents is 3. The Balaban J connectivity index is 2.61. The third-order valence-electron chi connectivity index (χ3n) is 10.5. The van der Waals surface area contributed by atoms with Gasteiger partial charge in [0.25, 0.3) is 5.69 Å². The zero-order valence-corrected chi connectivity index (χ0v) is 38.3. The standard InChI is InChI=1S/C43H75N4O14P/c1-3-5-7-9-11-13-15-17-19-21-23-25-27-29-41(48)58-35-38(61-42(49)30-28-26-24-22-20-18-16-14-12-10-8-6-4-2)36-60-62(56,57)59-32-31-44-43-39(46(52)53)33-37(45(50)51)34-40(43)47(54)55/h33-34,38,44H,3-32,35-36H2,1-2H3,(H,56,57)/t38-/m1/s1. The van der Waals surface area contributed by atoms with Gasteiger partial charge in [0.05, 0.1) is 40.1 Å². The van der Waals surface area contributed by atoms with E-state index in [1.807, 2.05) is 0 Å². The molecule has 0 fully saturated rings. The second kappa shape index (κ2) is 35.7. The number of phosphoric acid groups is 1. The predicted molar refractivity (Wildman–Crippen MR) is 238 cm³/mol. The fraction of sp³-hybridized carbons (Fsp3) is 0.814. The summed E-state index contributed by atoms with van der Waals surface area (Å²) in [5.74, 6) is -1.09. The molecule has 0 spiro atoms. The lowest BCUT2D eigenvalue weighted by Gasteiger charge is -2.20. The first kappa shape index (κ1) is 56.3. The number of esters is 2. The van der Waals surface area contributed by atoms with Gasteiger partial charge in [0.15, 0.2) is 11.8 Å². The number of carbonyl (C=O) groups is 2. The van der Waals surface area contributed by atoms with E-state index in [4.69, 9.17) is 18.5 Å². The van der Waals surface area contributed by atoms with Crippen LogP contribution in [0.15, 0.2) is 12.1 Å². The number of nitro groups is 3. The molecule has 0 heterocycles. The van der Waals surface area contributed by atoms with Crippen molar-refractivity contribution in [2.45, 2.75) is 200 Å². The molecule has 0 bridgehead atoms. The summed E-state index contributed by atoms with van der Waals surface area (Å²) in [7, 11) is -4.87. The van der Waals surface area contributed by atoms with E-state index in [1.54, 1.807) is 0 Å². The van der Waals surface area contributed by atoms with Crippen molar-refractivity contribution in [1.29, 1.82) is 0 Å². The van der Waals surface area contributed by atoms with Crippen LogP contribution < -0.4 is 5.32 Å². The number of carbonyl (C=O) groups excluding carboxylic acids is 2. The maximum atomic E-state index is 12.8. The Bertz CT molecular complexity index is 1450. The van der Waals surface area contributed by atoms with Gasteiger partial charge in [0.2, 0.25) is 0 Å². The van der Waals surface area contributed by atoms with Crippen molar-refractivity contribution in [2.75, 3.05) is 31.7 Å². The zero-order valence-electron chi connectivity index (χ0n) is 37.4. The Kier molecular flexibility index (Phi) is 32.4. The van der Waals surface area contributed by atoms with Crippen LogP contribution in [0.1, 0.15) is 194 Å². The smallest absolute Gasteiger partial charge is 0.462 e. The third kappa shape index (κ3) is 28.8. The van der Waals surface area contributed by atoms with Crippen molar-refractivity contribution in [3.8, 4) is 0 Å². The molecular formula is C43H75N4O14P. The predicted octanol–water partition coefficient (Wildman–Crippen LogP) is 12.4. The fourth-order valence-electron chi connectivity index (χ4n) is 6.92. The van der Waals surface area contributed by atoms with Gasteiger partial charge in [-0.3, -0.25) is 49.0 Å². The van der Waals surface area contributed by atoms with Gasteiger partial charge >= 0.3 is 31.1 Å². The van der Waals surface area contributed by atoms with Gasteiger partial charge in [-0.05, 0) is 12.8 Å². The molecule has 0 amide bonds. The lowest BCUT2D eigenvalue weighted by molar-refractivity contribution is -0.401. The van der Waals surface area contributed by atoms with Crippen molar-refractivity contribution in [3.63, 3.8) is 0 Å². The van der Waals surface area contributed by atoms with Gasteiger partial charge in [-0.25, -0.2) is 4.57 Å². The molecule has 1 unspecified atom stereocenters. The van der Waals surface area contributed by atoms with Gasteiger partial charge in [-0.15, -0.1) is 0 Å². The van der Waals surface area contributed by atoms with E-state index in [9.17, 15) is 49.4 Å². The summed E-state index contributed by atoms with van der Waals surface area (Å²) in [5.41, 5.74) is -3.45. The van der Waals surface area contributed by atoms with E-state index in [0.29, 0.717) is 25.0 Å². The molecule has 2 N–H and O–H groups in total. The Morgan fingerprint density at radius 2 is 0.984 bits per heavy atom. The molecule has 0 aliphatic rings. The molecule has 18 nitrogen and oxygen atoms in total. The molecule has 0 radical (unpaired) electrons. The first-order valence-corrected chi connectivity index (χ1v) is 24.6. The number of nitrogens with one attached hydrogen (secondary N) is 1. The van der Waals surface area contributed by atoms with E-state index in [0.717, 1.165) is 44.9 Å². The summed E-state index contributed by atoms with van der Waals surface area (Å²) in [6.07, 6.45) is 28.9. The first-order valence-electron chi connectivity index (χ1n) is 23.1. The normalized spacial score (nSPS) is 12.7. The minimum Gasteiger partial charge on any atom is -0.462 e. The largest absolute Gasteiger partial charge is 0.472 e. The fourth-order valence-corrected chi connectivity index (χ4v) is 7.67. The van der Waals surface area contributed by atoms with Crippen LogP contribution >= 0.6 is 7.82 Å². The SMILES string of the molecule is CCCCCCCCCCCCCCCC(=O)OC[C@H](COP(=O)(O)OCCNc1c([N+](=O)[O-])cc([N+](=O)[O-])cc1[N+](=O)[O-])OC(=O)CCCCCCCCCCCCCCC. The van der Waals surface area contributed by atoms with Crippen LogP contribution in [0, 0.1) is 30.3 Å². The van der Waals surface area contributed by atoms with Crippen LogP contribution in [0.25, 0.3) is 0 Å². The summed E-state index contributed by atoms with van der Waals surface area (Å²) < 4.78 is 33.5. The average Bonchev–Trinajstić information content (AvgIpc) is 3.23. The second-order valence-electron chi connectivity index (χ2n) is 15.9. The minimum atomic E-state index is -4.87. The van der Waals surface area contributed by atoms with Crippen LogP contribution in [-0.4, -0.2) is 64.1 Å². The molecule has 0 saturated carbocycles. The summed E-state index contributed by atoms with van der Waals surface area (Å²) in [4.78, 5) is 66.7. The van der Waals surface area contributed by atoms with Crippen molar-refractivity contribution < 1.29 is 52.3 Å². The molecule has 19 heteroatoms. The quantitative estimate of drug-likeness (QED) is 0.0203. The molecule has 1 rings (SSSR count). The number of non-ortho nitro benzene ring substituents is 1. The highest BCUT2D eigenvalue weighted by molar-refractivity contribution is 7.47. The number of hydrogen-bond donors (Lipinski definition) is 2. The summed E-state index contributed by atoms with van der Waals surface area (Å²) >= 11 is 0. The third-order valence-corrected chi connectivity index (χ3v) is 11.4. The molecule has 0 saturated heterocycles. The molecule has 0 aliphatic carbocycles. The molecule has 1 aromatic carbocycles. The molecule has 2 atom stereocenters. The van der Waals surface area contributed by atoms with Gasteiger partial charge < -0.3 is 19.7 Å². The molecule has 62 heavy (non-hydrogen) atoms. The van der Waals surface area contributed by atoms with Crippen LogP contribution in [0.2, 0.25) is 0 Å². The van der Waals surface area contributed by atoms with Crippen molar-refractivity contribution in [1.82, 2.24) is 0 Å². The number of anilines is 1. The van der Waals surface area contributed by atoms with Crippen LogP contribution in [0.3, 0.4) is 0 Å². The Labute approximate surface area is 368 Å². The number of nitrogens with zero attached hydrogens (tertiary/aromatic N) is 3. The summed E-state index contributed by atoms with van der Waals surface area (Å²) in [6, 6.07) is 1.09. The Morgan fingerprint density at radius 1 is 0.597 bits per heavy atom. The number of hydrogen-bond acceptors (Lipinski definition) is 14. The Morgan fingerprint density at radius 3 is 1.37 bits per heavy atom. The van der Waals surface area contributed by atoms with E-state index in [-0.39, 0.29) is 12.8 Å². The minimum absolute atomic E-state index is 0.0983. The van der Waals surface area contributed by atoms with Gasteiger partial charge in [-0.1, -0.05) is 168 Å². The van der Waals surface area contributed by atoms with Gasteiger partial charge in [0.1, 0.15) is 6.61 Å². The Hall–Kier alpha value is -3.73. The average molecular weight is 903 g/mol. The first-order chi connectivity index (χ1) is 29.8. The molecular weight excluding hydrogens is 827 g/mol. The molecule has 356 valence electrons. The topological polar surface area (TPSA) is 250 Å². The second-order valence-corrected chi connectivity index (χ2v) is 17.4. The van der Waals surface area contributed by atoms with Crippen molar-refractivity contribution >= 4 is 42.5 Å². The monoisotopic (exact) mass is 903 g/mol. The lowest BCUT2D eigenvalue weighted by atomic mass is 10.0. The van der Waals surface area contributed by atoms with Crippen LogP contribution in [-0.2, 0) is 32.7 Å². The van der Waals surface area contributed by atoms with Crippen LogP contribution in [0.5, 0.6) is 0 Å². The maximum absolute atomic E-state index is 12.8. The number of benzene rings is 1. The van der Waals surface area contributed by atoms with E-state index >= 15 is 0 Å². The van der Waals surface area contributed by atoms with Gasteiger partial charge in [0, 0.05) is 19.4 Å². The van der Waals surface area contributed by atoms with Crippen molar-refractivity contribution in [2.24, 2.45) is 0 Å². The maximum Gasteiger partial charge on any atom is 0.472 e. The number of ether oxygens (including phenoxy) is 2. The highest BCUT2D eigenvalue weighted by Gasteiger charge is 2.31. The highest BCUT2D eigenvalue weighted by atomic mass is 31.2. The van der Waals surface area contributed by atoms with E-state index in [2.05, 4.69) is 19.2 Å². The van der Waals surface area contributed by atoms with E-state index < -0.39 is 89.8 Å². The summed E-state index contributed by atoms with van der Waals surface area (Å²) in [6.45, 7) is 2.20. The van der Waals surface area contributed by atoms with Crippen LogP contribution in [0.4, 0.5) is 22.7 Å². The van der Waals surface area contributed by atoms with E-state index in [1.165, 1.54) is 109 Å². The molecule has 0 aliphatic heterocycles. The number of rotatable bonds is 42. The number of unbranched alkanes of at least 4 members (excludes halogenated alkanes) is 24. The summed E-state index contributed by atoms with van der Waals surface area (Å²) in [5, 5.41) is 36.5. The number of phosphoric ester groups is 1. The molecule has 0 aromatic heterocycles. The van der Waals surface area contributed by atoms with Gasteiger partial charge in [-0.2, -0.15) is 0 Å². The highest BCUT2D eigenvalue weighted by Crippen LogP contribution is 2.43. The molecule has 1 aromatic rings. The lowest BCUT2D eigenvalue weighted by Crippen LogP contribution is -2.29. The zero-order chi connectivity index (χ0) is 45.9.